The first kappa shape index (κ1) is 15.8. The molecule has 26 heavy (non-hydrogen) atoms. The van der Waals surface area contributed by atoms with Crippen molar-refractivity contribution < 1.29 is 9.84 Å². The maximum atomic E-state index is 9.71. The second-order valence-corrected chi connectivity index (χ2v) is 5.53. The van der Waals surface area contributed by atoms with Crippen molar-refractivity contribution in [3.63, 3.8) is 0 Å². The van der Waals surface area contributed by atoms with Crippen molar-refractivity contribution in [1.82, 2.24) is 20.2 Å². The molecule has 0 atom stereocenters. The Bertz CT molecular complexity index is 1110. The molecule has 0 saturated carbocycles. The zero-order chi connectivity index (χ0) is 17.9. The number of aromatic amines is 1. The van der Waals surface area contributed by atoms with Crippen LogP contribution in [-0.2, 0) is 0 Å². The van der Waals surface area contributed by atoms with Crippen LogP contribution in [0.1, 0.15) is 12.5 Å². The minimum absolute atomic E-state index is 0.0914. The maximum absolute atomic E-state index is 9.71. The molecular formula is C18H16N6O2. The van der Waals surface area contributed by atoms with Crippen molar-refractivity contribution in [3.8, 4) is 11.5 Å². The van der Waals surface area contributed by atoms with Crippen molar-refractivity contribution in [1.29, 1.82) is 0 Å². The Morgan fingerprint density at radius 3 is 3.00 bits per heavy atom. The largest absolute Gasteiger partial charge is 0.504 e. The van der Waals surface area contributed by atoms with E-state index in [-0.39, 0.29) is 11.7 Å². The molecule has 0 spiro atoms. The summed E-state index contributed by atoms with van der Waals surface area (Å²) in [6.45, 7) is 2.32. The lowest BCUT2D eigenvalue weighted by Gasteiger charge is -2.05. The van der Waals surface area contributed by atoms with Gasteiger partial charge in [-0.25, -0.2) is 5.43 Å². The Labute approximate surface area is 148 Å². The van der Waals surface area contributed by atoms with Gasteiger partial charge in [-0.3, -0.25) is 0 Å². The van der Waals surface area contributed by atoms with Gasteiger partial charge in [0.1, 0.15) is 5.52 Å². The van der Waals surface area contributed by atoms with Gasteiger partial charge in [0.25, 0.3) is 5.95 Å². The van der Waals surface area contributed by atoms with Crippen LogP contribution in [0.5, 0.6) is 11.5 Å². The molecule has 0 aliphatic carbocycles. The number of H-pyrrole nitrogens is 1. The lowest BCUT2D eigenvalue weighted by atomic mass is 10.2. The molecule has 130 valence electrons. The third kappa shape index (κ3) is 3.00. The number of hydrogen-bond acceptors (Lipinski definition) is 7. The first-order chi connectivity index (χ1) is 12.7. The molecule has 0 bridgehead atoms. The first-order valence-electron chi connectivity index (χ1n) is 8.10. The highest BCUT2D eigenvalue weighted by molar-refractivity contribution is 6.03. The van der Waals surface area contributed by atoms with Crippen LogP contribution in [0, 0.1) is 0 Å². The lowest BCUT2D eigenvalue weighted by Crippen LogP contribution is -1.99. The highest BCUT2D eigenvalue weighted by Crippen LogP contribution is 2.26. The minimum atomic E-state index is 0.0914. The van der Waals surface area contributed by atoms with Crippen LogP contribution in [-0.4, -0.2) is 38.1 Å². The number of aromatic nitrogens is 4. The molecule has 0 radical (unpaired) electrons. The van der Waals surface area contributed by atoms with Crippen molar-refractivity contribution in [3.05, 3.63) is 48.0 Å². The number of anilines is 1. The van der Waals surface area contributed by atoms with Gasteiger partial charge in [-0.1, -0.05) is 18.2 Å². The summed E-state index contributed by atoms with van der Waals surface area (Å²) in [6.07, 6.45) is 1.58. The molecule has 8 nitrogen and oxygen atoms in total. The smallest absolute Gasteiger partial charge is 0.265 e. The molecule has 0 saturated heterocycles. The van der Waals surface area contributed by atoms with Gasteiger partial charge < -0.3 is 14.8 Å². The summed E-state index contributed by atoms with van der Waals surface area (Å²) in [5.41, 5.74) is 5.83. The molecule has 0 fully saturated rings. The van der Waals surface area contributed by atoms with Crippen LogP contribution in [0.4, 0.5) is 5.95 Å². The summed E-state index contributed by atoms with van der Waals surface area (Å²) < 4.78 is 5.35. The number of para-hydroxylation sites is 1. The minimum Gasteiger partial charge on any atom is -0.504 e. The van der Waals surface area contributed by atoms with Crippen LogP contribution < -0.4 is 10.2 Å². The van der Waals surface area contributed by atoms with Crippen molar-refractivity contribution >= 4 is 34.2 Å². The monoisotopic (exact) mass is 348 g/mol. The van der Waals surface area contributed by atoms with Gasteiger partial charge in [0.15, 0.2) is 17.1 Å². The summed E-state index contributed by atoms with van der Waals surface area (Å²) in [5, 5.41) is 23.1. The fourth-order valence-electron chi connectivity index (χ4n) is 2.61. The number of fused-ring (bicyclic) bond motifs is 3. The maximum Gasteiger partial charge on any atom is 0.265 e. The summed E-state index contributed by atoms with van der Waals surface area (Å²) in [5.74, 6) is 0.784. The lowest BCUT2D eigenvalue weighted by molar-refractivity contribution is 0.318. The predicted molar refractivity (Wildman–Crippen MR) is 99.7 cm³/mol. The van der Waals surface area contributed by atoms with E-state index in [1.165, 1.54) is 0 Å². The second kappa shape index (κ2) is 6.67. The first-order valence-corrected chi connectivity index (χ1v) is 8.10. The fraction of sp³-hybridized carbons (Fsp3) is 0.111. The Morgan fingerprint density at radius 2 is 2.12 bits per heavy atom. The van der Waals surface area contributed by atoms with Crippen LogP contribution in [0.15, 0.2) is 47.6 Å². The topological polar surface area (TPSA) is 108 Å². The molecule has 8 heteroatoms. The van der Waals surface area contributed by atoms with E-state index in [2.05, 4.69) is 30.7 Å². The van der Waals surface area contributed by atoms with E-state index in [0.717, 1.165) is 22.0 Å². The normalized spacial score (nSPS) is 11.4. The third-order valence-corrected chi connectivity index (χ3v) is 3.78. The number of benzene rings is 2. The molecule has 2 aromatic heterocycles. The molecular weight excluding hydrogens is 332 g/mol. The molecule has 3 N–H and O–H groups in total. The van der Waals surface area contributed by atoms with Crippen LogP contribution in [0.3, 0.4) is 0 Å². The fourth-order valence-corrected chi connectivity index (χ4v) is 2.61. The van der Waals surface area contributed by atoms with Gasteiger partial charge in [-0.2, -0.15) is 10.1 Å². The molecule has 4 aromatic rings. The average Bonchev–Trinajstić information content (AvgIpc) is 3.02. The number of phenols is 1. The highest BCUT2D eigenvalue weighted by atomic mass is 16.5. The number of ether oxygens (including phenoxy) is 1. The zero-order valence-corrected chi connectivity index (χ0v) is 14.0. The molecule has 0 amide bonds. The average molecular weight is 348 g/mol. The summed E-state index contributed by atoms with van der Waals surface area (Å²) >= 11 is 0. The predicted octanol–water partition coefficient (Wildman–Crippen LogP) is 3.06. The Morgan fingerprint density at radius 1 is 1.23 bits per heavy atom. The van der Waals surface area contributed by atoms with Gasteiger partial charge in [0.2, 0.25) is 0 Å². The number of nitrogens with one attached hydrogen (secondary N) is 2. The zero-order valence-electron chi connectivity index (χ0n) is 14.0. The van der Waals surface area contributed by atoms with E-state index >= 15 is 0 Å². The van der Waals surface area contributed by atoms with E-state index < -0.39 is 0 Å². The van der Waals surface area contributed by atoms with Crippen LogP contribution in [0.25, 0.3) is 22.1 Å². The SMILES string of the molecule is CCOc1cc(/C=N/Nc2nnc3c(n2)[nH]c2ccccc23)ccc1O. The Balaban J connectivity index is 1.55. The summed E-state index contributed by atoms with van der Waals surface area (Å²) in [4.78, 5) is 7.59. The highest BCUT2D eigenvalue weighted by Gasteiger charge is 2.08. The van der Waals surface area contributed by atoms with E-state index in [1.54, 1.807) is 24.4 Å². The quantitative estimate of drug-likeness (QED) is 0.378. The van der Waals surface area contributed by atoms with E-state index in [0.29, 0.717) is 18.0 Å². The van der Waals surface area contributed by atoms with Gasteiger partial charge >= 0.3 is 0 Å². The van der Waals surface area contributed by atoms with Crippen LogP contribution >= 0.6 is 0 Å². The van der Waals surface area contributed by atoms with Gasteiger partial charge in [-0.05, 0) is 36.8 Å². The van der Waals surface area contributed by atoms with E-state index in [1.807, 2.05) is 31.2 Å². The number of nitrogens with zero attached hydrogens (tertiary/aromatic N) is 4. The van der Waals surface area contributed by atoms with Crippen molar-refractivity contribution in [2.45, 2.75) is 6.92 Å². The van der Waals surface area contributed by atoms with E-state index in [4.69, 9.17) is 4.74 Å². The van der Waals surface area contributed by atoms with Gasteiger partial charge in [0.05, 0.1) is 12.8 Å². The molecule has 2 heterocycles. The molecule has 0 aliphatic rings. The van der Waals surface area contributed by atoms with Crippen LogP contribution in [0.2, 0.25) is 0 Å². The number of aromatic hydroxyl groups is 1. The van der Waals surface area contributed by atoms with E-state index in [9.17, 15) is 5.11 Å². The standard InChI is InChI=1S/C18H16N6O2/c1-2-26-15-9-11(7-8-14(15)25)10-19-23-18-21-17-16(22-24-18)12-5-3-4-6-13(12)20-17/h3-10,25H,2H2,1H3,(H2,20,21,23,24)/b19-10+. The summed E-state index contributed by atoms with van der Waals surface area (Å²) in [6, 6.07) is 12.8. The Hall–Kier alpha value is -3.68. The third-order valence-electron chi connectivity index (χ3n) is 3.78. The van der Waals surface area contributed by atoms with Gasteiger partial charge in [-0.15, -0.1) is 10.2 Å². The van der Waals surface area contributed by atoms with Crippen molar-refractivity contribution in [2.24, 2.45) is 5.10 Å². The number of phenolic OH excluding ortho intramolecular Hbond substituents is 1. The number of rotatable bonds is 5. The second-order valence-electron chi connectivity index (χ2n) is 5.53. The molecule has 0 aliphatic heterocycles. The Kier molecular flexibility index (Phi) is 4.06. The number of hydrogen-bond donors (Lipinski definition) is 3. The van der Waals surface area contributed by atoms with Crippen molar-refractivity contribution in [2.75, 3.05) is 12.0 Å². The molecule has 2 aromatic carbocycles. The molecule has 4 rings (SSSR count). The molecule has 0 unspecified atom stereocenters. The van der Waals surface area contributed by atoms with Gasteiger partial charge in [0, 0.05) is 10.9 Å². The summed E-state index contributed by atoms with van der Waals surface area (Å²) in [7, 11) is 0. The number of hydrazone groups is 1.